The molecule has 0 saturated heterocycles. The Balaban J connectivity index is 1.82. The normalized spacial score (nSPS) is 12.2. The number of fused-ring (bicyclic) bond motifs is 1. The fourth-order valence-electron chi connectivity index (χ4n) is 3.38. The Morgan fingerprint density at radius 3 is 2.38 bits per heavy atom. The van der Waals surface area contributed by atoms with E-state index in [1.54, 1.807) is 35.1 Å². The van der Waals surface area contributed by atoms with Crippen molar-refractivity contribution in [2.75, 3.05) is 6.26 Å². The zero-order valence-electron chi connectivity index (χ0n) is 16.9. The van der Waals surface area contributed by atoms with E-state index in [0.29, 0.717) is 0 Å². The Morgan fingerprint density at radius 1 is 1.03 bits per heavy atom. The maximum absolute atomic E-state index is 11.7. The number of aryl methyl sites for hydroxylation is 1. The van der Waals surface area contributed by atoms with Crippen molar-refractivity contribution in [3.63, 3.8) is 0 Å². The van der Waals surface area contributed by atoms with Gasteiger partial charge in [0.05, 0.1) is 33.9 Å². The molecule has 0 bridgehead atoms. The van der Waals surface area contributed by atoms with Crippen molar-refractivity contribution < 1.29 is 8.42 Å². The van der Waals surface area contributed by atoms with Gasteiger partial charge in [0.2, 0.25) is 0 Å². The molecule has 3 aromatic heterocycles. The molecule has 0 unspecified atom stereocenters. The molecule has 1 aromatic carbocycles. The van der Waals surface area contributed by atoms with Crippen molar-refractivity contribution in [3.8, 4) is 17.1 Å². The van der Waals surface area contributed by atoms with Gasteiger partial charge in [-0.3, -0.25) is 0 Å². The molecule has 150 valence electrons. The van der Waals surface area contributed by atoms with Crippen LogP contribution in [-0.4, -0.2) is 39.2 Å². The average Bonchev–Trinajstić information content (AvgIpc) is 3.31. The van der Waals surface area contributed by atoms with E-state index in [9.17, 15) is 8.42 Å². The number of rotatable bonds is 5. The van der Waals surface area contributed by atoms with Crippen LogP contribution in [0.15, 0.2) is 53.6 Å². The highest BCUT2D eigenvalue weighted by atomic mass is 32.2. The molecule has 0 amide bonds. The molecule has 0 atom stereocenters. The molecule has 0 aliphatic heterocycles. The standard InChI is InChI=1S/C21H23N5O2S/c1-5-18-17-10-11-19(23-21(17)25(24-18)14(2)3)20-12-13-22-26(20)15-6-8-16(9-7-15)29(4,27)28/h6-14H,5H2,1-4H3. The number of sulfone groups is 1. The van der Waals surface area contributed by atoms with Crippen molar-refractivity contribution in [1.82, 2.24) is 24.5 Å². The van der Waals surface area contributed by atoms with E-state index in [-0.39, 0.29) is 10.9 Å². The molecule has 0 radical (unpaired) electrons. The van der Waals surface area contributed by atoms with E-state index < -0.39 is 9.84 Å². The lowest BCUT2D eigenvalue weighted by atomic mass is 10.2. The predicted molar refractivity (Wildman–Crippen MR) is 113 cm³/mol. The summed E-state index contributed by atoms with van der Waals surface area (Å²) in [5.41, 5.74) is 4.28. The maximum atomic E-state index is 11.7. The highest BCUT2D eigenvalue weighted by Gasteiger charge is 2.16. The fourth-order valence-corrected chi connectivity index (χ4v) is 4.01. The first-order chi connectivity index (χ1) is 13.8. The van der Waals surface area contributed by atoms with Crippen LogP contribution in [0.2, 0.25) is 0 Å². The lowest BCUT2D eigenvalue weighted by molar-refractivity contribution is 0.540. The number of nitrogens with zero attached hydrogens (tertiary/aromatic N) is 5. The van der Waals surface area contributed by atoms with Gasteiger partial charge >= 0.3 is 0 Å². The number of pyridine rings is 1. The highest BCUT2D eigenvalue weighted by molar-refractivity contribution is 7.90. The molecule has 8 heteroatoms. The monoisotopic (exact) mass is 409 g/mol. The summed E-state index contributed by atoms with van der Waals surface area (Å²) >= 11 is 0. The Hall–Kier alpha value is -3.00. The summed E-state index contributed by atoms with van der Waals surface area (Å²) in [6.07, 6.45) is 3.76. The molecule has 29 heavy (non-hydrogen) atoms. The van der Waals surface area contributed by atoms with Gasteiger partial charge in [0.15, 0.2) is 15.5 Å². The smallest absolute Gasteiger partial charge is 0.175 e. The van der Waals surface area contributed by atoms with E-state index in [1.165, 1.54) is 6.26 Å². The third-order valence-corrected chi connectivity index (χ3v) is 6.00. The molecule has 0 aliphatic rings. The molecule has 0 saturated carbocycles. The summed E-state index contributed by atoms with van der Waals surface area (Å²) in [6.45, 7) is 6.28. The minimum Gasteiger partial charge on any atom is -0.244 e. The van der Waals surface area contributed by atoms with Crippen LogP contribution in [0.3, 0.4) is 0 Å². The van der Waals surface area contributed by atoms with Crippen LogP contribution < -0.4 is 0 Å². The third kappa shape index (κ3) is 3.44. The largest absolute Gasteiger partial charge is 0.244 e. The first-order valence-electron chi connectivity index (χ1n) is 9.52. The van der Waals surface area contributed by atoms with Crippen LogP contribution in [0.25, 0.3) is 28.1 Å². The van der Waals surface area contributed by atoms with Crippen LogP contribution in [0.4, 0.5) is 0 Å². The van der Waals surface area contributed by atoms with Gasteiger partial charge < -0.3 is 0 Å². The number of hydrogen-bond donors (Lipinski definition) is 0. The van der Waals surface area contributed by atoms with E-state index in [0.717, 1.165) is 40.2 Å². The van der Waals surface area contributed by atoms with Crippen LogP contribution >= 0.6 is 0 Å². The van der Waals surface area contributed by atoms with E-state index in [4.69, 9.17) is 10.1 Å². The molecule has 3 heterocycles. The minimum atomic E-state index is -3.24. The lowest BCUT2D eigenvalue weighted by Gasteiger charge is -2.10. The summed E-state index contributed by atoms with van der Waals surface area (Å²) in [5, 5.41) is 10.2. The molecule has 0 N–H and O–H groups in total. The SMILES string of the molecule is CCc1nn(C(C)C)c2nc(-c3ccnn3-c3ccc(S(C)(=O)=O)cc3)ccc12. The summed E-state index contributed by atoms with van der Waals surface area (Å²) in [4.78, 5) is 5.17. The Labute approximate surface area is 169 Å². The average molecular weight is 410 g/mol. The van der Waals surface area contributed by atoms with Crippen molar-refractivity contribution in [2.45, 2.75) is 38.1 Å². The molecule has 4 aromatic rings. The van der Waals surface area contributed by atoms with Gasteiger partial charge in [-0.1, -0.05) is 6.92 Å². The van der Waals surface area contributed by atoms with Gasteiger partial charge in [0.25, 0.3) is 0 Å². The summed E-state index contributed by atoms with van der Waals surface area (Å²) in [6, 6.07) is 12.8. The Kier molecular flexibility index (Phi) is 4.74. The molecule has 4 rings (SSSR count). The third-order valence-electron chi connectivity index (χ3n) is 4.87. The van der Waals surface area contributed by atoms with Crippen LogP contribution in [-0.2, 0) is 16.3 Å². The van der Waals surface area contributed by atoms with Gasteiger partial charge in [0, 0.05) is 17.7 Å². The molecule has 0 fully saturated rings. The second-order valence-corrected chi connectivity index (χ2v) is 9.32. The summed E-state index contributed by atoms with van der Waals surface area (Å²) in [7, 11) is -3.24. The van der Waals surface area contributed by atoms with Crippen molar-refractivity contribution in [2.24, 2.45) is 0 Å². The summed E-state index contributed by atoms with van der Waals surface area (Å²) in [5.74, 6) is 0. The van der Waals surface area contributed by atoms with Gasteiger partial charge in [-0.15, -0.1) is 0 Å². The zero-order valence-corrected chi connectivity index (χ0v) is 17.7. The van der Waals surface area contributed by atoms with Gasteiger partial charge in [0.1, 0.15) is 0 Å². The second-order valence-electron chi connectivity index (χ2n) is 7.30. The van der Waals surface area contributed by atoms with Gasteiger partial charge in [-0.2, -0.15) is 10.2 Å². The Bertz CT molecular complexity index is 1280. The number of aromatic nitrogens is 5. The topological polar surface area (TPSA) is 82.7 Å². The molecule has 7 nitrogen and oxygen atoms in total. The lowest BCUT2D eigenvalue weighted by Crippen LogP contribution is -2.05. The van der Waals surface area contributed by atoms with Crippen molar-refractivity contribution in [3.05, 3.63) is 54.4 Å². The molecular formula is C21H23N5O2S. The van der Waals surface area contributed by atoms with E-state index in [1.807, 2.05) is 16.8 Å². The van der Waals surface area contributed by atoms with Crippen molar-refractivity contribution >= 4 is 20.9 Å². The quantitative estimate of drug-likeness (QED) is 0.500. The number of benzene rings is 1. The fraction of sp³-hybridized carbons (Fsp3) is 0.286. The van der Waals surface area contributed by atoms with Crippen LogP contribution in [0.5, 0.6) is 0 Å². The van der Waals surface area contributed by atoms with Gasteiger partial charge in [-0.25, -0.2) is 22.8 Å². The van der Waals surface area contributed by atoms with Crippen molar-refractivity contribution in [1.29, 1.82) is 0 Å². The Morgan fingerprint density at radius 2 is 1.76 bits per heavy atom. The second kappa shape index (κ2) is 7.11. The minimum absolute atomic E-state index is 0.203. The first-order valence-corrected chi connectivity index (χ1v) is 11.4. The predicted octanol–water partition coefficient (Wildman–Crippen LogP) is 3.83. The summed E-state index contributed by atoms with van der Waals surface area (Å²) < 4.78 is 27.2. The van der Waals surface area contributed by atoms with Gasteiger partial charge in [-0.05, 0) is 62.7 Å². The first kappa shape index (κ1) is 19.3. The number of hydrogen-bond acceptors (Lipinski definition) is 5. The molecule has 0 aliphatic carbocycles. The van der Waals surface area contributed by atoms with Crippen LogP contribution in [0, 0.1) is 0 Å². The molecular weight excluding hydrogens is 386 g/mol. The maximum Gasteiger partial charge on any atom is 0.175 e. The van der Waals surface area contributed by atoms with Crippen LogP contribution in [0.1, 0.15) is 32.5 Å². The molecule has 0 spiro atoms. The van der Waals surface area contributed by atoms with E-state index >= 15 is 0 Å². The highest BCUT2D eigenvalue weighted by Crippen LogP contribution is 2.27. The van der Waals surface area contributed by atoms with E-state index in [2.05, 4.69) is 31.9 Å². The zero-order chi connectivity index (χ0) is 20.8.